The normalized spacial score (nSPS) is 13.8. The Hall–Kier alpha value is -2.49. The predicted octanol–water partition coefficient (Wildman–Crippen LogP) is 2.10. The first kappa shape index (κ1) is 13.5. The van der Waals surface area contributed by atoms with Gasteiger partial charge in [-0.2, -0.15) is 0 Å². The van der Waals surface area contributed by atoms with E-state index in [1.807, 2.05) is 29.2 Å². The molecule has 0 unspecified atom stereocenters. The number of phenols is 1. The van der Waals surface area contributed by atoms with E-state index in [-0.39, 0.29) is 18.1 Å². The molecule has 1 aliphatic rings. The van der Waals surface area contributed by atoms with E-state index in [0.717, 1.165) is 17.7 Å². The third-order valence-electron chi connectivity index (χ3n) is 3.93. The van der Waals surface area contributed by atoms with Gasteiger partial charge in [-0.15, -0.1) is 0 Å². The average Bonchev–Trinajstić information content (AvgIpc) is 2.48. The number of fused-ring (bicyclic) bond motifs is 1. The number of phenolic OH excluding ortho intramolecular Hbond substituents is 1. The van der Waals surface area contributed by atoms with Crippen molar-refractivity contribution in [1.29, 1.82) is 0 Å². The molecule has 0 bridgehead atoms. The van der Waals surface area contributed by atoms with Crippen molar-refractivity contribution in [2.45, 2.75) is 19.4 Å². The summed E-state index contributed by atoms with van der Waals surface area (Å²) in [7, 11) is 0. The molecule has 2 aromatic rings. The van der Waals surface area contributed by atoms with Gasteiger partial charge in [0.1, 0.15) is 5.75 Å². The summed E-state index contributed by atoms with van der Waals surface area (Å²) in [4.78, 5) is 14.2. The zero-order valence-corrected chi connectivity index (χ0v) is 11.7. The van der Waals surface area contributed by atoms with E-state index in [1.165, 1.54) is 5.56 Å². The zero-order valence-electron chi connectivity index (χ0n) is 11.7. The van der Waals surface area contributed by atoms with Gasteiger partial charge in [0.05, 0.1) is 6.42 Å². The molecule has 1 amide bonds. The standard InChI is InChI=1S/C17H18N2O2/c18-15-6-5-12-7-8-19(11-14(12)9-15)17(21)10-13-3-1-2-4-16(13)20/h1-6,9,20H,7-8,10-11,18H2. The Morgan fingerprint density at radius 2 is 2.00 bits per heavy atom. The molecule has 108 valence electrons. The Labute approximate surface area is 123 Å². The van der Waals surface area contributed by atoms with Gasteiger partial charge in [-0.05, 0) is 35.7 Å². The topological polar surface area (TPSA) is 66.6 Å². The monoisotopic (exact) mass is 282 g/mol. The van der Waals surface area contributed by atoms with Crippen LogP contribution in [0.15, 0.2) is 42.5 Å². The van der Waals surface area contributed by atoms with Crippen LogP contribution in [0.2, 0.25) is 0 Å². The van der Waals surface area contributed by atoms with Crippen LogP contribution in [0.1, 0.15) is 16.7 Å². The summed E-state index contributed by atoms with van der Waals surface area (Å²) < 4.78 is 0. The molecule has 3 N–H and O–H groups in total. The van der Waals surface area contributed by atoms with Crippen LogP contribution in [0.25, 0.3) is 0 Å². The molecule has 4 nitrogen and oxygen atoms in total. The Bertz CT molecular complexity index is 682. The first-order chi connectivity index (χ1) is 10.1. The molecule has 3 rings (SSSR count). The smallest absolute Gasteiger partial charge is 0.227 e. The van der Waals surface area contributed by atoms with Crippen molar-refractivity contribution < 1.29 is 9.90 Å². The van der Waals surface area contributed by atoms with Crippen molar-refractivity contribution in [2.75, 3.05) is 12.3 Å². The molecule has 0 atom stereocenters. The maximum absolute atomic E-state index is 12.4. The van der Waals surface area contributed by atoms with E-state index < -0.39 is 0 Å². The molecule has 0 radical (unpaired) electrons. The minimum Gasteiger partial charge on any atom is -0.508 e. The molecule has 1 aliphatic heterocycles. The summed E-state index contributed by atoms with van der Waals surface area (Å²) in [5, 5.41) is 9.76. The highest BCUT2D eigenvalue weighted by Gasteiger charge is 2.21. The van der Waals surface area contributed by atoms with E-state index in [0.29, 0.717) is 18.7 Å². The number of carbonyl (C=O) groups excluding carboxylic acids is 1. The Kier molecular flexibility index (Phi) is 3.52. The van der Waals surface area contributed by atoms with Crippen molar-refractivity contribution >= 4 is 11.6 Å². The highest BCUT2D eigenvalue weighted by Crippen LogP contribution is 2.23. The summed E-state index contributed by atoms with van der Waals surface area (Å²) >= 11 is 0. The predicted molar refractivity (Wildman–Crippen MR) is 81.8 cm³/mol. The Morgan fingerprint density at radius 3 is 2.81 bits per heavy atom. The zero-order chi connectivity index (χ0) is 14.8. The van der Waals surface area contributed by atoms with E-state index >= 15 is 0 Å². The second-order valence-corrected chi connectivity index (χ2v) is 5.40. The van der Waals surface area contributed by atoms with Crippen LogP contribution in [0.4, 0.5) is 5.69 Å². The van der Waals surface area contributed by atoms with Crippen LogP contribution >= 0.6 is 0 Å². The summed E-state index contributed by atoms with van der Waals surface area (Å²) in [6.07, 6.45) is 1.08. The lowest BCUT2D eigenvalue weighted by Gasteiger charge is -2.29. The van der Waals surface area contributed by atoms with Gasteiger partial charge < -0.3 is 15.7 Å². The summed E-state index contributed by atoms with van der Waals surface area (Å²) in [5.74, 6) is 0.206. The molecule has 2 aromatic carbocycles. The Balaban J connectivity index is 1.74. The molecule has 0 fully saturated rings. The van der Waals surface area contributed by atoms with E-state index in [9.17, 15) is 9.90 Å². The quantitative estimate of drug-likeness (QED) is 0.829. The van der Waals surface area contributed by atoms with Crippen LogP contribution in [-0.2, 0) is 24.2 Å². The second kappa shape index (κ2) is 5.48. The lowest BCUT2D eigenvalue weighted by Crippen LogP contribution is -2.36. The van der Waals surface area contributed by atoms with E-state index in [4.69, 9.17) is 5.73 Å². The number of aromatic hydroxyl groups is 1. The highest BCUT2D eigenvalue weighted by atomic mass is 16.3. The van der Waals surface area contributed by atoms with Gasteiger partial charge in [-0.3, -0.25) is 4.79 Å². The van der Waals surface area contributed by atoms with Crippen molar-refractivity contribution in [1.82, 2.24) is 4.90 Å². The number of hydrogen-bond acceptors (Lipinski definition) is 3. The maximum atomic E-state index is 12.4. The van der Waals surface area contributed by atoms with Crippen LogP contribution in [0, 0.1) is 0 Å². The fourth-order valence-electron chi connectivity index (χ4n) is 2.72. The van der Waals surface area contributed by atoms with Gasteiger partial charge in [0.2, 0.25) is 5.91 Å². The molecule has 0 saturated heterocycles. The van der Waals surface area contributed by atoms with Gasteiger partial charge >= 0.3 is 0 Å². The average molecular weight is 282 g/mol. The van der Waals surface area contributed by atoms with E-state index in [2.05, 4.69) is 0 Å². The maximum Gasteiger partial charge on any atom is 0.227 e. The number of carbonyl (C=O) groups is 1. The lowest BCUT2D eigenvalue weighted by molar-refractivity contribution is -0.131. The molecular weight excluding hydrogens is 264 g/mol. The van der Waals surface area contributed by atoms with Crippen LogP contribution in [0.3, 0.4) is 0 Å². The van der Waals surface area contributed by atoms with Gasteiger partial charge in [-0.25, -0.2) is 0 Å². The number of rotatable bonds is 2. The number of anilines is 1. The number of nitrogen functional groups attached to an aromatic ring is 1. The largest absolute Gasteiger partial charge is 0.508 e. The molecule has 4 heteroatoms. The summed E-state index contributed by atoms with van der Waals surface area (Å²) in [6, 6.07) is 12.8. The molecule has 0 aliphatic carbocycles. The van der Waals surface area contributed by atoms with Crippen molar-refractivity contribution in [3.63, 3.8) is 0 Å². The minimum absolute atomic E-state index is 0.0320. The van der Waals surface area contributed by atoms with E-state index in [1.54, 1.807) is 18.2 Å². The molecular formula is C17H18N2O2. The highest BCUT2D eigenvalue weighted by molar-refractivity contribution is 5.79. The SMILES string of the molecule is Nc1ccc2c(c1)CN(C(=O)Cc1ccccc1O)CC2. The molecule has 0 saturated carbocycles. The number of benzene rings is 2. The van der Waals surface area contributed by atoms with Crippen molar-refractivity contribution in [2.24, 2.45) is 0 Å². The van der Waals surface area contributed by atoms with Crippen molar-refractivity contribution in [3.8, 4) is 5.75 Å². The fraction of sp³-hybridized carbons (Fsp3) is 0.235. The molecule has 1 heterocycles. The summed E-state index contributed by atoms with van der Waals surface area (Å²) in [6.45, 7) is 1.30. The van der Waals surface area contributed by atoms with Gasteiger partial charge in [0, 0.05) is 24.3 Å². The molecule has 0 spiro atoms. The number of hydrogen-bond donors (Lipinski definition) is 2. The van der Waals surface area contributed by atoms with Crippen LogP contribution in [-0.4, -0.2) is 22.5 Å². The summed E-state index contributed by atoms with van der Waals surface area (Å²) in [5.41, 5.74) is 9.58. The number of nitrogens with two attached hydrogens (primary N) is 1. The van der Waals surface area contributed by atoms with Gasteiger partial charge in [0.15, 0.2) is 0 Å². The van der Waals surface area contributed by atoms with Gasteiger partial charge in [0.25, 0.3) is 0 Å². The lowest BCUT2D eigenvalue weighted by atomic mass is 9.98. The third-order valence-corrected chi connectivity index (χ3v) is 3.93. The first-order valence-electron chi connectivity index (χ1n) is 7.05. The first-order valence-corrected chi connectivity index (χ1v) is 7.05. The third kappa shape index (κ3) is 2.84. The number of amides is 1. The fourth-order valence-corrected chi connectivity index (χ4v) is 2.72. The molecule has 21 heavy (non-hydrogen) atoms. The Morgan fingerprint density at radius 1 is 1.19 bits per heavy atom. The van der Waals surface area contributed by atoms with Crippen molar-refractivity contribution in [3.05, 3.63) is 59.2 Å². The minimum atomic E-state index is 0.0320. The second-order valence-electron chi connectivity index (χ2n) is 5.40. The number of para-hydroxylation sites is 1. The van der Waals surface area contributed by atoms with Crippen LogP contribution < -0.4 is 5.73 Å². The van der Waals surface area contributed by atoms with Crippen LogP contribution in [0.5, 0.6) is 5.75 Å². The van der Waals surface area contributed by atoms with Gasteiger partial charge in [-0.1, -0.05) is 24.3 Å². The molecule has 0 aromatic heterocycles. The number of nitrogens with zero attached hydrogens (tertiary/aromatic N) is 1.